The number of carbonyl (C=O) groups excluding carboxylic acids is 1. The maximum absolute atomic E-state index is 11.6. The molecule has 19 heavy (non-hydrogen) atoms. The smallest absolute Gasteiger partial charge is 0.424 e. The highest BCUT2D eigenvalue weighted by Crippen LogP contribution is 2.53. The summed E-state index contributed by atoms with van der Waals surface area (Å²) in [6, 6.07) is 0. The van der Waals surface area contributed by atoms with E-state index in [2.05, 4.69) is 0 Å². The lowest BCUT2D eigenvalue weighted by molar-refractivity contribution is -0.0199. The van der Waals surface area contributed by atoms with Crippen LogP contribution in [0.25, 0.3) is 0 Å². The minimum atomic E-state index is -0.502. The highest BCUT2D eigenvalue weighted by Gasteiger charge is 2.66. The molecular weight excluding hydrogens is 248 g/mol. The molecule has 5 heteroatoms. The fraction of sp³-hybridized carbons (Fsp3) is 0.929. The monoisotopic (exact) mass is 266 g/mol. The van der Waals surface area contributed by atoms with Gasteiger partial charge in [-0.15, -0.1) is 0 Å². The van der Waals surface area contributed by atoms with Gasteiger partial charge in [-0.25, -0.2) is 4.79 Å². The van der Waals surface area contributed by atoms with E-state index in [1.807, 2.05) is 0 Å². The van der Waals surface area contributed by atoms with Crippen LogP contribution in [-0.4, -0.2) is 42.3 Å². The summed E-state index contributed by atoms with van der Waals surface area (Å²) in [5.41, 5.74) is -0.416. The van der Waals surface area contributed by atoms with Crippen molar-refractivity contribution in [2.75, 3.05) is 0 Å². The van der Waals surface area contributed by atoms with E-state index < -0.39 is 11.8 Å². The van der Waals surface area contributed by atoms with Crippen LogP contribution >= 0.6 is 0 Å². The summed E-state index contributed by atoms with van der Waals surface area (Å²) < 4.78 is 22.2. The number of fused-ring (bicyclic) bond motifs is 4. The molecular formula is C14H18O5. The van der Waals surface area contributed by atoms with Gasteiger partial charge in [-0.1, -0.05) is 0 Å². The predicted molar refractivity (Wildman–Crippen MR) is 62.6 cm³/mol. The second-order valence-corrected chi connectivity index (χ2v) is 6.73. The van der Waals surface area contributed by atoms with Crippen LogP contribution < -0.4 is 0 Å². The number of hydrogen-bond donors (Lipinski definition) is 0. The Morgan fingerprint density at radius 3 is 2.95 bits per heavy atom. The molecule has 7 unspecified atom stereocenters. The molecule has 0 radical (unpaired) electrons. The zero-order chi connectivity index (χ0) is 12.6. The number of carbonyl (C=O) groups is 1. The molecule has 5 nitrogen and oxygen atoms in total. The molecule has 5 fully saturated rings. The maximum atomic E-state index is 11.6. The number of ether oxygens (including phenoxy) is 4. The van der Waals surface area contributed by atoms with Gasteiger partial charge in [-0.3, -0.25) is 0 Å². The average Bonchev–Trinajstić information content (AvgIpc) is 3.26. The van der Waals surface area contributed by atoms with Crippen molar-refractivity contribution in [1.29, 1.82) is 0 Å². The lowest BCUT2D eigenvalue weighted by Crippen LogP contribution is -2.48. The molecule has 7 atom stereocenters. The first-order valence-corrected chi connectivity index (χ1v) is 7.44. The molecule has 3 aliphatic heterocycles. The van der Waals surface area contributed by atoms with Gasteiger partial charge in [0.25, 0.3) is 0 Å². The van der Waals surface area contributed by atoms with E-state index in [0.717, 1.165) is 32.1 Å². The van der Waals surface area contributed by atoms with Crippen molar-refractivity contribution in [3.8, 4) is 0 Å². The molecule has 5 rings (SSSR count). The summed E-state index contributed by atoms with van der Waals surface area (Å²) in [6.07, 6.45) is 6.97. The third-order valence-electron chi connectivity index (χ3n) is 5.55. The molecule has 0 spiro atoms. The summed E-state index contributed by atoms with van der Waals surface area (Å²) in [4.78, 5) is 11.6. The Bertz CT molecular complexity index is 438. The number of hydrogen-bond acceptors (Lipinski definition) is 5. The Balaban J connectivity index is 1.37. The van der Waals surface area contributed by atoms with Crippen molar-refractivity contribution in [2.24, 2.45) is 5.92 Å². The van der Waals surface area contributed by atoms with Crippen LogP contribution in [-0.2, 0) is 18.9 Å². The zero-order valence-electron chi connectivity index (χ0n) is 10.7. The Morgan fingerprint density at radius 1 is 1.11 bits per heavy atom. The quantitative estimate of drug-likeness (QED) is 0.563. The lowest BCUT2D eigenvalue weighted by atomic mass is 9.73. The van der Waals surface area contributed by atoms with E-state index in [-0.39, 0.29) is 12.2 Å². The van der Waals surface area contributed by atoms with E-state index in [1.54, 1.807) is 0 Å². The van der Waals surface area contributed by atoms with Gasteiger partial charge in [0.15, 0.2) is 11.7 Å². The van der Waals surface area contributed by atoms with Gasteiger partial charge in [0.05, 0.1) is 18.3 Å². The second-order valence-electron chi connectivity index (χ2n) is 6.73. The van der Waals surface area contributed by atoms with Gasteiger partial charge in [0, 0.05) is 0 Å². The highest BCUT2D eigenvalue weighted by molar-refractivity contribution is 5.64. The molecule has 0 aromatic carbocycles. The molecule has 0 aromatic heterocycles. The molecule has 5 aliphatic rings. The standard InChI is InChI=1S/C14H18O5/c15-13-18-12-11-9(17-11)3-4-14(12,19-13)6-7-1-2-8-10(5-7)16-8/h7-12H,1-6H2. The van der Waals surface area contributed by atoms with Crippen molar-refractivity contribution in [2.45, 2.75) is 74.6 Å². The van der Waals surface area contributed by atoms with E-state index in [1.165, 1.54) is 6.42 Å². The Labute approximate surface area is 111 Å². The fourth-order valence-corrected chi connectivity index (χ4v) is 4.48. The first-order chi connectivity index (χ1) is 9.23. The average molecular weight is 266 g/mol. The van der Waals surface area contributed by atoms with Gasteiger partial charge in [0.2, 0.25) is 0 Å². The Kier molecular flexibility index (Phi) is 1.98. The second kappa shape index (κ2) is 3.44. The maximum Gasteiger partial charge on any atom is 0.509 e. The van der Waals surface area contributed by atoms with Gasteiger partial charge in [-0.2, -0.15) is 0 Å². The van der Waals surface area contributed by atoms with Crippen molar-refractivity contribution in [3.05, 3.63) is 0 Å². The molecule has 3 heterocycles. The van der Waals surface area contributed by atoms with Crippen LogP contribution in [0.5, 0.6) is 0 Å². The SMILES string of the molecule is O=C1OC2C3OC3CCC2(CC2CCC3OC3C2)O1. The van der Waals surface area contributed by atoms with E-state index in [9.17, 15) is 4.79 Å². The van der Waals surface area contributed by atoms with Crippen LogP contribution in [0.3, 0.4) is 0 Å². The van der Waals surface area contributed by atoms with Crippen molar-refractivity contribution < 1.29 is 23.7 Å². The lowest BCUT2D eigenvalue weighted by Gasteiger charge is -2.36. The van der Waals surface area contributed by atoms with Crippen molar-refractivity contribution in [1.82, 2.24) is 0 Å². The molecule has 0 amide bonds. The first kappa shape index (κ1) is 10.9. The van der Waals surface area contributed by atoms with E-state index >= 15 is 0 Å². The van der Waals surface area contributed by atoms with Crippen LogP contribution in [0.1, 0.15) is 38.5 Å². The molecule has 0 aromatic rings. The summed E-state index contributed by atoms with van der Waals surface area (Å²) in [5, 5.41) is 0. The Hall–Kier alpha value is -0.810. The minimum Gasteiger partial charge on any atom is -0.424 e. The fourth-order valence-electron chi connectivity index (χ4n) is 4.48. The van der Waals surface area contributed by atoms with E-state index in [4.69, 9.17) is 18.9 Å². The summed E-state index contributed by atoms with van der Waals surface area (Å²) in [7, 11) is 0. The van der Waals surface area contributed by atoms with Crippen LogP contribution in [0.15, 0.2) is 0 Å². The number of epoxide rings is 2. The van der Waals surface area contributed by atoms with Gasteiger partial charge >= 0.3 is 6.16 Å². The van der Waals surface area contributed by atoms with Gasteiger partial charge in [-0.05, 0) is 44.4 Å². The summed E-state index contributed by atoms with van der Waals surface area (Å²) >= 11 is 0. The Morgan fingerprint density at radius 2 is 2.05 bits per heavy atom. The highest BCUT2D eigenvalue weighted by atomic mass is 16.8. The molecule has 104 valence electrons. The molecule has 0 N–H and O–H groups in total. The first-order valence-electron chi connectivity index (χ1n) is 7.44. The molecule has 2 saturated carbocycles. The molecule has 3 saturated heterocycles. The van der Waals surface area contributed by atoms with Gasteiger partial charge in [0.1, 0.15) is 6.10 Å². The largest absolute Gasteiger partial charge is 0.509 e. The van der Waals surface area contributed by atoms with Crippen LogP contribution in [0.2, 0.25) is 0 Å². The zero-order valence-corrected chi connectivity index (χ0v) is 10.7. The minimum absolute atomic E-state index is 0.0914. The third kappa shape index (κ3) is 1.57. The normalized spacial score (nSPS) is 57.4. The van der Waals surface area contributed by atoms with Crippen molar-refractivity contribution >= 4 is 6.16 Å². The summed E-state index contributed by atoms with van der Waals surface area (Å²) in [5.74, 6) is 0.594. The van der Waals surface area contributed by atoms with E-state index in [0.29, 0.717) is 24.2 Å². The number of rotatable bonds is 2. The van der Waals surface area contributed by atoms with Gasteiger partial charge < -0.3 is 18.9 Å². The molecule has 0 bridgehead atoms. The topological polar surface area (TPSA) is 60.6 Å². The molecule has 2 aliphatic carbocycles. The summed E-state index contributed by atoms with van der Waals surface area (Å²) in [6.45, 7) is 0. The van der Waals surface area contributed by atoms with Crippen LogP contribution in [0.4, 0.5) is 4.79 Å². The van der Waals surface area contributed by atoms with Crippen LogP contribution in [0, 0.1) is 5.92 Å². The third-order valence-corrected chi connectivity index (χ3v) is 5.55. The predicted octanol–water partition coefficient (Wildman–Crippen LogP) is 1.78. The van der Waals surface area contributed by atoms with Crippen molar-refractivity contribution in [3.63, 3.8) is 0 Å².